The summed E-state index contributed by atoms with van der Waals surface area (Å²) in [5.74, 6) is 0.681. The van der Waals surface area contributed by atoms with Crippen LogP contribution in [0.25, 0.3) is 11.1 Å². The molecule has 0 aliphatic heterocycles. The summed E-state index contributed by atoms with van der Waals surface area (Å²) in [5.41, 5.74) is 3.86. The molecule has 17 heavy (non-hydrogen) atoms. The van der Waals surface area contributed by atoms with Crippen molar-refractivity contribution in [2.45, 2.75) is 25.2 Å². The number of rotatable bonds is 2. The second-order valence-corrected chi connectivity index (χ2v) is 6.38. The first-order chi connectivity index (χ1) is 8.25. The Kier molecular flexibility index (Phi) is 3.25. The van der Waals surface area contributed by atoms with Crippen LogP contribution in [-0.2, 0) is 0 Å². The highest BCUT2D eigenvalue weighted by atomic mass is 127. The molecule has 1 N–H and O–H groups in total. The molecule has 1 aliphatic rings. The Bertz CT molecular complexity index is 546. The van der Waals surface area contributed by atoms with Crippen LogP contribution in [0.1, 0.15) is 30.9 Å². The van der Waals surface area contributed by atoms with Crippen molar-refractivity contribution in [1.82, 2.24) is 10.2 Å². The lowest BCUT2D eigenvalue weighted by Crippen LogP contribution is -2.10. The van der Waals surface area contributed by atoms with Crippen LogP contribution in [0.2, 0.25) is 0 Å². The Hall–Kier alpha value is -0.360. The van der Waals surface area contributed by atoms with Crippen molar-refractivity contribution in [3.8, 4) is 11.1 Å². The van der Waals surface area contributed by atoms with Crippen LogP contribution in [0.15, 0.2) is 28.7 Å². The molecule has 1 aliphatic carbocycles. The number of H-pyrrole nitrogens is 1. The SMILES string of the molecule is Brc1cccc(-c2c(I)n[nH]c2C2CCC2)c1. The largest absolute Gasteiger partial charge is 0.281 e. The monoisotopic (exact) mass is 402 g/mol. The van der Waals surface area contributed by atoms with E-state index in [2.05, 4.69) is 73.0 Å². The molecule has 2 nitrogen and oxygen atoms in total. The minimum atomic E-state index is 0.681. The van der Waals surface area contributed by atoms with E-state index in [1.807, 2.05) is 0 Å². The third-order valence-electron chi connectivity index (χ3n) is 3.38. The highest BCUT2D eigenvalue weighted by Gasteiger charge is 2.26. The highest BCUT2D eigenvalue weighted by Crippen LogP contribution is 2.41. The summed E-state index contributed by atoms with van der Waals surface area (Å²) in [6.07, 6.45) is 3.93. The quantitative estimate of drug-likeness (QED) is 0.724. The van der Waals surface area contributed by atoms with Crippen molar-refractivity contribution in [3.63, 3.8) is 0 Å². The topological polar surface area (TPSA) is 28.7 Å². The van der Waals surface area contributed by atoms with E-state index >= 15 is 0 Å². The lowest BCUT2D eigenvalue weighted by atomic mass is 9.81. The maximum atomic E-state index is 4.37. The Morgan fingerprint density at radius 2 is 2.18 bits per heavy atom. The molecular weight excluding hydrogens is 391 g/mol. The van der Waals surface area contributed by atoms with Crippen molar-refractivity contribution in [2.24, 2.45) is 0 Å². The first-order valence-electron chi connectivity index (χ1n) is 5.75. The van der Waals surface area contributed by atoms with Gasteiger partial charge in [-0.2, -0.15) is 5.10 Å². The van der Waals surface area contributed by atoms with Crippen molar-refractivity contribution in [3.05, 3.63) is 38.1 Å². The summed E-state index contributed by atoms with van der Waals surface area (Å²) in [6, 6.07) is 8.45. The van der Waals surface area contributed by atoms with Gasteiger partial charge in [0.25, 0.3) is 0 Å². The van der Waals surface area contributed by atoms with Gasteiger partial charge in [0.15, 0.2) is 0 Å². The lowest BCUT2D eigenvalue weighted by molar-refractivity contribution is 0.411. The van der Waals surface area contributed by atoms with Gasteiger partial charge < -0.3 is 0 Å². The van der Waals surface area contributed by atoms with Crippen LogP contribution < -0.4 is 0 Å². The van der Waals surface area contributed by atoms with E-state index in [0.29, 0.717) is 5.92 Å². The van der Waals surface area contributed by atoms with E-state index < -0.39 is 0 Å². The summed E-state index contributed by atoms with van der Waals surface area (Å²) in [6.45, 7) is 0. The zero-order chi connectivity index (χ0) is 11.8. The molecule has 4 heteroatoms. The molecule has 0 bridgehead atoms. The molecular formula is C13H12BrIN2. The van der Waals surface area contributed by atoms with Gasteiger partial charge in [-0.05, 0) is 53.1 Å². The number of halogens is 2. The number of hydrogen-bond acceptors (Lipinski definition) is 1. The fourth-order valence-corrected chi connectivity index (χ4v) is 3.36. The molecule has 1 saturated carbocycles. The van der Waals surface area contributed by atoms with Gasteiger partial charge in [0.05, 0.1) is 0 Å². The second kappa shape index (κ2) is 4.72. The van der Waals surface area contributed by atoms with E-state index in [9.17, 15) is 0 Å². The van der Waals surface area contributed by atoms with E-state index in [0.717, 1.165) is 8.17 Å². The Balaban J connectivity index is 2.09. The second-order valence-electron chi connectivity index (χ2n) is 4.44. The van der Waals surface area contributed by atoms with Crippen molar-refractivity contribution in [2.75, 3.05) is 0 Å². The van der Waals surface area contributed by atoms with Crippen LogP contribution in [0.5, 0.6) is 0 Å². The van der Waals surface area contributed by atoms with Gasteiger partial charge in [-0.15, -0.1) is 0 Å². The number of aromatic nitrogens is 2. The number of nitrogens with one attached hydrogen (secondary N) is 1. The zero-order valence-electron chi connectivity index (χ0n) is 9.21. The fraction of sp³-hybridized carbons (Fsp3) is 0.308. The van der Waals surface area contributed by atoms with E-state index in [4.69, 9.17) is 0 Å². The standard InChI is InChI=1S/C13H12BrIN2/c14-10-6-2-5-9(7-10)11-12(8-3-1-4-8)16-17-13(11)15/h2,5-8H,1,3-4H2,(H,16,17). The van der Waals surface area contributed by atoms with Gasteiger partial charge >= 0.3 is 0 Å². The van der Waals surface area contributed by atoms with Crippen LogP contribution in [0.3, 0.4) is 0 Å². The molecule has 0 unspecified atom stereocenters. The Labute approximate surface area is 122 Å². The van der Waals surface area contributed by atoms with Crippen LogP contribution in [-0.4, -0.2) is 10.2 Å². The zero-order valence-corrected chi connectivity index (χ0v) is 13.0. The lowest BCUT2D eigenvalue weighted by Gasteiger charge is -2.25. The molecule has 0 amide bonds. The predicted octanol–water partition coefficient (Wildman–Crippen LogP) is 4.71. The van der Waals surface area contributed by atoms with E-state index in [1.165, 1.54) is 36.1 Å². The third-order valence-corrected chi connectivity index (χ3v) is 4.65. The van der Waals surface area contributed by atoms with Crippen molar-refractivity contribution >= 4 is 38.5 Å². The minimum absolute atomic E-state index is 0.681. The molecule has 88 valence electrons. The summed E-state index contributed by atoms with van der Waals surface area (Å²) in [7, 11) is 0. The maximum absolute atomic E-state index is 4.37. The van der Waals surface area contributed by atoms with E-state index in [1.54, 1.807) is 0 Å². The average Bonchev–Trinajstić information content (AvgIpc) is 2.58. The molecule has 0 spiro atoms. The van der Waals surface area contributed by atoms with Crippen molar-refractivity contribution in [1.29, 1.82) is 0 Å². The highest BCUT2D eigenvalue weighted by molar-refractivity contribution is 14.1. The molecule has 3 rings (SSSR count). The summed E-state index contributed by atoms with van der Waals surface area (Å²) in [5, 5.41) is 7.59. The maximum Gasteiger partial charge on any atom is 0.131 e. The predicted molar refractivity (Wildman–Crippen MR) is 81.0 cm³/mol. The van der Waals surface area contributed by atoms with Gasteiger partial charge in [-0.3, -0.25) is 5.10 Å². The van der Waals surface area contributed by atoms with Gasteiger partial charge in [-0.25, -0.2) is 0 Å². The number of hydrogen-bond donors (Lipinski definition) is 1. The van der Waals surface area contributed by atoms with Gasteiger partial charge in [0, 0.05) is 21.6 Å². The van der Waals surface area contributed by atoms with E-state index in [-0.39, 0.29) is 0 Å². The van der Waals surface area contributed by atoms with Crippen molar-refractivity contribution < 1.29 is 0 Å². The summed E-state index contributed by atoms with van der Waals surface area (Å²) in [4.78, 5) is 0. The molecule has 0 saturated heterocycles. The molecule has 1 aromatic carbocycles. The first kappa shape index (κ1) is 11.7. The molecule has 2 aromatic rings. The summed E-state index contributed by atoms with van der Waals surface area (Å²) < 4.78 is 2.19. The fourth-order valence-electron chi connectivity index (χ4n) is 2.24. The molecule has 0 radical (unpaired) electrons. The third kappa shape index (κ3) is 2.17. The van der Waals surface area contributed by atoms with Gasteiger partial charge in [-0.1, -0.05) is 34.5 Å². The Morgan fingerprint density at radius 3 is 2.82 bits per heavy atom. The molecule has 1 fully saturated rings. The minimum Gasteiger partial charge on any atom is -0.281 e. The van der Waals surface area contributed by atoms with Crippen LogP contribution in [0.4, 0.5) is 0 Å². The van der Waals surface area contributed by atoms with Gasteiger partial charge in [0.1, 0.15) is 3.70 Å². The molecule has 1 aromatic heterocycles. The van der Waals surface area contributed by atoms with Gasteiger partial charge in [0.2, 0.25) is 0 Å². The average molecular weight is 403 g/mol. The van der Waals surface area contributed by atoms with Crippen LogP contribution in [0, 0.1) is 3.70 Å². The number of nitrogens with zero attached hydrogens (tertiary/aromatic N) is 1. The summed E-state index contributed by atoms with van der Waals surface area (Å²) >= 11 is 5.84. The number of aromatic amines is 1. The first-order valence-corrected chi connectivity index (χ1v) is 7.62. The normalized spacial score (nSPS) is 15.9. The molecule has 0 atom stereocenters. The molecule has 1 heterocycles. The number of benzene rings is 1. The Morgan fingerprint density at radius 1 is 1.35 bits per heavy atom. The van der Waals surface area contributed by atoms with Crippen LogP contribution >= 0.6 is 38.5 Å². The smallest absolute Gasteiger partial charge is 0.131 e.